The first-order valence-electron chi connectivity index (χ1n) is 3.41. The molecule has 0 radical (unpaired) electrons. The highest BCUT2D eigenvalue weighted by Crippen LogP contribution is 2.08. The van der Waals surface area contributed by atoms with Crippen LogP contribution < -0.4 is 5.56 Å². The quantitative estimate of drug-likeness (QED) is 0.636. The third kappa shape index (κ3) is 1.04. The standard InChI is InChI=1S/C8H5BrN2O/c9-6-2-1-3-7-10-5-4-8(12)11(6)7/h1-5H. The molecule has 0 aliphatic carbocycles. The molecule has 0 N–H and O–H groups in total. The average Bonchev–Trinajstić information content (AvgIpc) is 2.04. The molecule has 0 spiro atoms. The van der Waals surface area contributed by atoms with Crippen LogP contribution in [0.15, 0.2) is 39.9 Å². The van der Waals surface area contributed by atoms with Crippen molar-refractivity contribution in [3.8, 4) is 0 Å². The van der Waals surface area contributed by atoms with Crippen molar-refractivity contribution in [2.75, 3.05) is 0 Å². The van der Waals surface area contributed by atoms with E-state index in [1.54, 1.807) is 12.1 Å². The fourth-order valence-corrected chi connectivity index (χ4v) is 1.55. The Labute approximate surface area is 76.8 Å². The number of pyridine rings is 1. The zero-order valence-electron chi connectivity index (χ0n) is 6.07. The fourth-order valence-electron chi connectivity index (χ4n) is 1.04. The van der Waals surface area contributed by atoms with E-state index in [9.17, 15) is 4.79 Å². The van der Waals surface area contributed by atoms with Crippen molar-refractivity contribution >= 4 is 21.6 Å². The molecule has 2 rings (SSSR count). The second kappa shape index (κ2) is 2.71. The predicted molar refractivity (Wildman–Crippen MR) is 49.2 cm³/mol. The van der Waals surface area contributed by atoms with Gasteiger partial charge in [-0.15, -0.1) is 0 Å². The van der Waals surface area contributed by atoms with Crippen molar-refractivity contribution in [3.63, 3.8) is 0 Å². The number of rotatable bonds is 0. The zero-order valence-corrected chi connectivity index (χ0v) is 7.65. The molecule has 0 atom stereocenters. The summed E-state index contributed by atoms with van der Waals surface area (Å²) in [6.45, 7) is 0. The van der Waals surface area contributed by atoms with Crippen LogP contribution in [0.2, 0.25) is 0 Å². The van der Waals surface area contributed by atoms with Crippen molar-refractivity contribution in [2.24, 2.45) is 0 Å². The number of halogens is 1. The highest BCUT2D eigenvalue weighted by Gasteiger charge is 1.97. The van der Waals surface area contributed by atoms with Crippen LogP contribution in [0.3, 0.4) is 0 Å². The Kier molecular flexibility index (Phi) is 1.69. The molecule has 0 saturated carbocycles. The first-order chi connectivity index (χ1) is 5.79. The van der Waals surface area contributed by atoms with E-state index in [1.165, 1.54) is 16.7 Å². The van der Waals surface area contributed by atoms with E-state index in [0.29, 0.717) is 5.65 Å². The monoisotopic (exact) mass is 224 g/mol. The van der Waals surface area contributed by atoms with Gasteiger partial charge in [-0.3, -0.25) is 9.20 Å². The summed E-state index contributed by atoms with van der Waals surface area (Å²) in [5, 5.41) is 0. The molecule has 0 aliphatic rings. The van der Waals surface area contributed by atoms with Gasteiger partial charge in [0.05, 0.1) is 4.60 Å². The molecule has 3 nitrogen and oxygen atoms in total. The molecule has 0 amide bonds. The van der Waals surface area contributed by atoms with Crippen LogP contribution >= 0.6 is 15.9 Å². The molecule has 0 bridgehead atoms. The van der Waals surface area contributed by atoms with Crippen molar-refractivity contribution in [3.05, 3.63) is 45.4 Å². The van der Waals surface area contributed by atoms with Crippen LogP contribution in [0.4, 0.5) is 0 Å². The van der Waals surface area contributed by atoms with E-state index < -0.39 is 0 Å². The smallest absolute Gasteiger partial charge is 0.258 e. The van der Waals surface area contributed by atoms with Gasteiger partial charge in [0.2, 0.25) is 0 Å². The van der Waals surface area contributed by atoms with Gasteiger partial charge in [-0.1, -0.05) is 6.07 Å². The lowest BCUT2D eigenvalue weighted by Crippen LogP contribution is -2.13. The third-order valence-corrected chi connectivity index (χ3v) is 2.19. The van der Waals surface area contributed by atoms with E-state index in [1.807, 2.05) is 6.07 Å². The van der Waals surface area contributed by atoms with Crippen LogP contribution in [0.25, 0.3) is 5.65 Å². The molecule has 12 heavy (non-hydrogen) atoms. The molecule has 0 fully saturated rings. The van der Waals surface area contributed by atoms with Crippen LogP contribution in [0.1, 0.15) is 0 Å². The second-order valence-electron chi connectivity index (χ2n) is 2.33. The highest BCUT2D eigenvalue weighted by atomic mass is 79.9. The number of nitrogens with zero attached hydrogens (tertiary/aromatic N) is 2. The maximum absolute atomic E-state index is 11.3. The van der Waals surface area contributed by atoms with E-state index in [2.05, 4.69) is 20.9 Å². The molecule has 0 aliphatic heterocycles. The lowest BCUT2D eigenvalue weighted by atomic mass is 10.4. The Balaban J connectivity index is 3.07. The summed E-state index contributed by atoms with van der Waals surface area (Å²) in [5.41, 5.74) is 0.573. The Morgan fingerprint density at radius 2 is 2.17 bits per heavy atom. The third-order valence-electron chi connectivity index (χ3n) is 1.57. The molecule has 0 saturated heterocycles. The number of fused-ring (bicyclic) bond motifs is 1. The summed E-state index contributed by atoms with van der Waals surface area (Å²) in [6.07, 6.45) is 1.50. The minimum Gasteiger partial charge on any atom is -0.269 e. The van der Waals surface area contributed by atoms with Gasteiger partial charge in [0.25, 0.3) is 5.56 Å². The lowest BCUT2D eigenvalue weighted by Gasteiger charge is -1.99. The van der Waals surface area contributed by atoms with Gasteiger partial charge in [-0.05, 0) is 28.1 Å². The molecule has 2 aromatic rings. The number of hydrogen-bond donors (Lipinski definition) is 0. The average molecular weight is 225 g/mol. The Morgan fingerprint density at radius 1 is 1.33 bits per heavy atom. The topological polar surface area (TPSA) is 34.4 Å². The predicted octanol–water partition coefficient (Wildman–Crippen LogP) is 1.46. The molecule has 2 heterocycles. The van der Waals surface area contributed by atoms with E-state index in [-0.39, 0.29) is 5.56 Å². The molecule has 0 unspecified atom stereocenters. The molecule has 60 valence electrons. The molecule has 0 aromatic carbocycles. The number of hydrogen-bond acceptors (Lipinski definition) is 2. The normalized spacial score (nSPS) is 10.4. The summed E-state index contributed by atoms with van der Waals surface area (Å²) in [6, 6.07) is 6.85. The van der Waals surface area contributed by atoms with Crippen LogP contribution in [-0.2, 0) is 0 Å². The van der Waals surface area contributed by atoms with E-state index in [4.69, 9.17) is 0 Å². The molecule has 4 heteroatoms. The highest BCUT2D eigenvalue weighted by molar-refractivity contribution is 9.10. The fraction of sp³-hybridized carbons (Fsp3) is 0. The largest absolute Gasteiger partial charge is 0.269 e. The Morgan fingerprint density at radius 3 is 2.92 bits per heavy atom. The van der Waals surface area contributed by atoms with Crippen LogP contribution in [0, 0.1) is 0 Å². The first-order valence-corrected chi connectivity index (χ1v) is 4.20. The summed E-state index contributed by atoms with van der Waals surface area (Å²) < 4.78 is 2.22. The van der Waals surface area contributed by atoms with Gasteiger partial charge in [-0.2, -0.15) is 0 Å². The van der Waals surface area contributed by atoms with Crippen molar-refractivity contribution in [2.45, 2.75) is 0 Å². The van der Waals surface area contributed by atoms with Gasteiger partial charge < -0.3 is 0 Å². The molecule has 2 aromatic heterocycles. The summed E-state index contributed by atoms with van der Waals surface area (Å²) >= 11 is 3.27. The molecular formula is C8H5BrN2O. The van der Waals surface area contributed by atoms with Gasteiger partial charge >= 0.3 is 0 Å². The maximum atomic E-state index is 11.3. The van der Waals surface area contributed by atoms with E-state index >= 15 is 0 Å². The first kappa shape index (κ1) is 7.49. The van der Waals surface area contributed by atoms with Gasteiger partial charge in [0, 0.05) is 12.3 Å². The Bertz CT molecular complexity index is 472. The number of aromatic nitrogens is 2. The van der Waals surface area contributed by atoms with Crippen LogP contribution in [0.5, 0.6) is 0 Å². The minimum atomic E-state index is -0.0764. The summed E-state index contributed by atoms with van der Waals surface area (Å²) in [7, 11) is 0. The summed E-state index contributed by atoms with van der Waals surface area (Å²) in [4.78, 5) is 15.3. The van der Waals surface area contributed by atoms with Gasteiger partial charge in [0.15, 0.2) is 0 Å². The SMILES string of the molecule is O=c1ccnc2cccc(Br)n12. The molecular weight excluding hydrogens is 220 g/mol. The van der Waals surface area contributed by atoms with Gasteiger partial charge in [0.1, 0.15) is 5.65 Å². The lowest BCUT2D eigenvalue weighted by molar-refractivity contribution is 1.02. The minimum absolute atomic E-state index is 0.0764. The van der Waals surface area contributed by atoms with Crippen LogP contribution in [-0.4, -0.2) is 9.38 Å². The summed E-state index contributed by atoms with van der Waals surface area (Å²) in [5.74, 6) is 0. The van der Waals surface area contributed by atoms with Crippen molar-refractivity contribution in [1.29, 1.82) is 0 Å². The van der Waals surface area contributed by atoms with E-state index in [0.717, 1.165) is 4.60 Å². The second-order valence-corrected chi connectivity index (χ2v) is 3.14. The van der Waals surface area contributed by atoms with Crippen molar-refractivity contribution in [1.82, 2.24) is 9.38 Å². The van der Waals surface area contributed by atoms with Crippen molar-refractivity contribution < 1.29 is 0 Å². The maximum Gasteiger partial charge on any atom is 0.258 e. The Hall–Kier alpha value is -1.16. The zero-order chi connectivity index (χ0) is 8.55. The van der Waals surface area contributed by atoms with Gasteiger partial charge in [-0.25, -0.2) is 4.98 Å².